The summed E-state index contributed by atoms with van der Waals surface area (Å²) < 4.78 is 1.49. The van der Waals surface area contributed by atoms with Crippen molar-refractivity contribution in [2.45, 2.75) is 31.2 Å². The van der Waals surface area contributed by atoms with Gasteiger partial charge in [0.2, 0.25) is 5.13 Å². The molecule has 144 valence electrons. The van der Waals surface area contributed by atoms with Gasteiger partial charge in [0.05, 0.1) is 23.7 Å². The van der Waals surface area contributed by atoms with Gasteiger partial charge in [-0.3, -0.25) is 4.79 Å². The lowest BCUT2D eigenvalue weighted by molar-refractivity contribution is 0.0937. The quantitative estimate of drug-likeness (QED) is 0.672. The maximum absolute atomic E-state index is 12.8. The van der Waals surface area contributed by atoms with Gasteiger partial charge in [0, 0.05) is 10.6 Å². The number of nitrogens with zero attached hydrogens (tertiary/aromatic N) is 6. The zero-order valence-electron chi connectivity index (χ0n) is 15.3. The minimum Gasteiger partial charge on any atom is -0.342 e. The molecule has 0 bridgehead atoms. The predicted molar refractivity (Wildman–Crippen MR) is 106 cm³/mol. The fourth-order valence-electron chi connectivity index (χ4n) is 3.04. The van der Waals surface area contributed by atoms with E-state index in [1.54, 1.807) is 25.1 Å². The van der Waals surface area contributed by atoms with Gasteiger partial charge in [-0.2, -0.15) is 20.3 Å². The second-order valence-electron chi connectivity index (χ2n) is 6.77. The van der Waals surface area contributed by atoms with Crippen LogP contribution >= 0.6 is 22.9 Å². The van der Waals surface area contributed by atoms with Crippen LogP contribution in [0.15, 0.2) is 30.7 Å². The largest absolute Gasteiger partial charge is 0.342 e. The Morgan fingerprint density at radius 2 is 2.14 bits per heavy atom. The van der Waals surface area contributed by atoms with Crippen LogP contribution in [0.2, 0.25) is 5.02 Å². The Hall–Kier alpha value is -3.27. The molecule has 1 N–H and O–H groups in total. The Labute approximate surface area is 175 Å². The minimum absolute atomic E-state index is 0.332. The second kappa shape index (κ2) is 7.28. The lowest BCUT2D eigenvalue weighted by Gasteiger charge is -2.15. The highest BCUT2D eigenvalue weighted by Gasteiger charge is 2.45. The number of hydrogen-bond donors (Lipinski definition) is 1. The van der Waals surface area contributed by atoms with E-state index in [-0.39, 0.29) is 5.91 Å². The van der Waals surface area contributed by atoms with E-state index in [0.717, 1.165) is 18.4 Å². The molecule has 0 saturated heterocycles. The molecule has 1 aromatic carbocycles. The van der Waals surface area contributed by atoms with E-state index >= 15 is 0 Å². The number of nitriles is 2. The Balaban J connectivity index is 1.57. The summed E-state index contributed by atoms with van der Waals surface area (Å²) in [6.45, 7) is 1.78. The fraction of sp³-hybridized carbons (Fsp3) is 0.263. The van der Waals surface area contributed by atoms with Crippen LogP contribution in [0.3, 0.4) is 0 Å². The molecule has 1 aliphatic rings. The smallest absolute Gasteiger partial charge is 0.251 e. The van der Waals surface area contributed by atoms with E-state index in [4.69, 9.17) is 16.9 Å². The maximum Gasteiger partial charge on any atom is 0.251 e. The minimum atomic E-state index is -0.533. The van der Waals surface area contributed by atoms with Crippen LogP contribution in [-0.4, -0.2) is 25.7 Å². The first-order valence-corrected chi connectivity index (χ1v) is 9.94. The fourth-order valence-corrected chi connectivity index (χ4v) is 3.95. The van der Waals surface area contributed by atoms with E-state index in [1.165, 1.54) is 28.5 Å². The van der Waals surface area contributed by atoms with Crippen LogP contribution in [0, 0.1) is 22.7 Å². The number of nitrogens with one attached hydrogen (secondary N) is 1. The number of amides is 1. The molecule has 1 atom stereocenters. The first kappa shape index (κ1) is 19.1. The molecule has 1 aliphatic carbocycles. The normalized spacial score (nSPS) is 15.2. The van der Waals surface area contributed by atoms with E-state index in [1.807, 2.05) is 6.07 Å². The van der Waals surface area contributed by atoms with E-state index in [0.29, 0.717) is 26.4 Å². The lowest BCUT2D eigenvalue weighted by Crippen LogP contribution is -2.29. The molecule has 0 radical (unpaired) electrons. The zero-order chi connectivity index (χ0) is 20.6. The first-order valence-electron chi connectivity index (χ1n) is 8.75. The third-order valence-corrected chi connectivity index (χ3v) is 5.87. The van der Waals surface area contributed by atoms with Gasteiger partial charge in [-0.05, 0) is 43.5 Å². The van der Waals surface area contributed by atoms with Crippen molar-refractivity contribution in [2.75, 3.05) is 0 Å². The van der Waals surface area contributed by atoms with Crippen LogP contribution in [0.1, 0.15) is 52.4 Å². The molecule has 1 saturated carbocycles. The highest BCUT2D eigenvalue weighted by molar-refractivity contribution is 7.14. The Morgan fingerprint density at radius 1 is 1.34 bits per heavy atom. The lowest BCUT2D eigenvalue weighted by atomic mass is 9.95. The third kappa shape index (κ3) is 3.58. The number of hydrogen-bond acceptors (Lipinski definition) is 7. The van der Waals surface area contributed by atoms with Gasteiger partial charge in [-0.1, -0.05) is 22.9 Å². The summed E-state index contributed by atoms with van der Waals surface area (Å²) in [7, 11) is 0. The van der Waals surface area contributed by atoms with Crippen LogP contribution in [0.4, 0.5) is 0 Å². The molecule has 0 aliphatic heterocycles. The van der Waals surface area contributed by atoms with Crippen LogP contribution in [0.25, 0.3) is 5.13 Å². The highest BCUT2D eigenvalue weighted by atomic mass is 35.5. The summed E-state index contributed by atoms with van der Waals surface area (Å²) >= 11 is 7.37. The average Bonchev–Trinajstić information content (AvgIpc) is 3.13. The van der Waals surface area contributed by atoms with Crippen molar-refractivity contribution in [2.24, 2.45) is 0 Å². The summed E-state index contributed by atoms with van der Waals surface area (Å²) in [6, 6.07) is 8.90. The van der Waals surface area contributed by atoms with Crippen molar-refractivity contribution in [1.82, 2.24) is 25.1 Å². The van der Waals surface area contributed by atoms with Gasteiger partial charge in [0.1, 0.15) is 17.3 Å². The number of carbonyl (C=O) groups excluding carboxylic acids is 1. The molecule has 0 spiro atoms. The molecule has 1 amide bonds. The Bertz CT molecular complexity index is 1180. The van der Waals surface area contributed by atoms with Crippen LogP contribution in [0.5, 0.6) is 0 Å². The molecule has 1 fully saturated rings. The van der Waals surface area contributed by atoms with E-state index in [2.05, 4.69) is 26.5 Å². The molecule has 4 rings (SSSR count). The summed E-state index contributed by atoms with van der Waals surface area (Å²) in [4.78, 5) is 21.7. The first-order chi connectivity index (χ1) is 14.0. The molecule has 0 unspecified atom stereocenters. The number of carbonyl (C=O) groups is 1. The number of thiazole rings is 1. The molecule has 8 nitrogen and oxygen atoms in total. The molecule has 29 heavy (non-hydrogen) atoms. The van der Waals surface area contributed by atoms with Crippen LogP contribution < -0.4 is 5.32 Å². The Morgan fingerprint density at radius 3 is 2.79 bits per heavy atom. The average molecular weight is 424 g/mol. The predicted octanol–water partition coefficient (Wildman–Crippen LogP) is 3.30. The van der Waals surface area contributed by atoms with Crippen molar-refractivity contribution in [3.63, 3.8) is 0 Å². The Kier molecular flexibility index (Phi) is 4.79. The third-order valence-electron chi connectivity index (χ3n) is 4.77. The monoisotopic (exact) mass is 423 g/mol. The second-order valence-corrected chi connectivity index (χ2v) is 8.21. The van der Waals surface area contributed by atoms with Gasteiger partial charge in [0.15, 0.2) is 5.82 Å². The number of rotatable bonds is 5. The standard InChI is InChI=1S/C19H14ClN7OS/c1-11(16-24-10-25-27(16)18-23-8-15(7-21)29-18)26-17(28)12-4-13(6-14(20)5-12)19(9-22)2-3-19/h4-6,8,10-11H,2-3H2,1H3,(H,26,28)/t11-/m0/s1. The summed E-state index contributed by atoms with van der Waals surface area (Å²) in [5.41, 5.74) is 0.614. The SMILES string of the molecule is C[C@H](NC(=O)c1cc(Cl)cc(C2(C#N)CC2)c1)c1ncnn1-c1ncc(C#N)s1. The molecular weight excluding hydrogens is 410 g/mol. The maximum atomic E-state index is 12.8. The van der Waals surface area contributed by atoms with Crippen molar-refractivity contribution in [1.29, 1.82) is 10.5 Å². The van der Waals surface area contributed by atoms with Gasteiger partial charge < -0.3 is 5.32 Å². The zero-order valence-corrected chi connectivity index (χ0v) is 16.8. The van der Waals surface area contributed by atoms with E-state index < -0.39 is 11.5 Å². The van der Waals surface area contributed by atoms with Crippen LogP contribution in [-0.2, 0) is 5.41 Å². The van der Waals surface area contributed by atoms with Crippen molar-refractivity contribution < 1.29 is 4.79 Å². The van der Waals surface area contributed by atoms with Crippen molar-refractivity contribution in [3.8, 4) is 17.3 Å². The molecule has 2 heterocycles. The summed E-state index contributed by atoms with van der Waals surface area (Å²) in [5.74, 6) is 0.150. The van der Waals surface area contributed by atoms with E-state index in [9.17, 15) is 10.1 Å². The number of aromatic nitrogens is 4. The molecule has 3 aromatic rings. The summed E-state index contributed by atoms with van der Waals surface area (Å²) in [6.07, 6.45) is 4.36. The molecule has 10 heteroatoms. The molecular formula is C19H14ClN7OS. The number of benzene rings is 1. The molecule has 2 aromatic heterocycles. The topological polar surface area (TPSA) is 120 Å². The number of halogens is 1. The van der Waals surface area contributed by atoms with Crippen molar-refractivity contribution in [3.05, 3.63) is 57.6 Å². The van der Waals surface area contributed by atoms with Gasteiger partial charge in [-0.15, -0.1) is 0 Å². The highest BCUT2D eigenvalue weighted by Crippen LogP contribution is 2.48. The van der Waals surface area contributed by atoms with Crippen molar-refractivity contribution >= 4 is 28.8 Å². The summed E-state index contributed by atoms with van der Waals surface area (Å²) in [5, 5.41) is 26.3. The van der Waals surface area contributed by atoms with Gasteiger partial charge in [0.25, 0.3) is 5.91 Å². The van der Waals surface area contributed by atoms with Gasteiger partial charge >= 0.3 is 0 Å². The van der Waals surface area contributed by atoms with Gasteiger partial charge in [-0.25, -0.2) is 9.97 Å².